The van der Waals surface area contributed by atoms with Gasteiger partial charge < -0.3 is 15.0 Å². The van der Waals surface area contributed by atoms with E-state index in [1.165, 1.54) is 36.5 Å². The van der Waals surface area contributed by atoms with Gasteiger partial charge in [-0.2, -0.15) is 5.10 Å². The van der Waals surface area contributed by atoms with Gasteiger partial charge in [0.25, 0.3) is 5.91 Å². The highest BCUT2D eigenvalue weighted by Crippen LogP contribution is 2.33. The zero-order valence-electron chi connectivity index (χ0n) is 20.8. The lowest BCUT2D eigenvalue weighted by molar-refractivity contribution is 0.0203. The molecular formula is C27H30F2N4O3. The first kappa shape index (κ1) is 25.3. The van der Waals surface area contributed by atoms with Crippen LogP contribution in [0, 0.1) is 18.6 Å². The molecule has 1 aliphatic rings. The number of halogens is 2. The van der Waals surface area contributed by atoms with Crippen molar-refractivity contribution in [1.29, 1.82) is 0 Å². The first-order valence-corrected chi connectivity index (χ1v) is 11.9. The zero-order valence-corrected chi connectivity index (χ0v) is 20.8. The van der Waals surface area contributed by atoms with Crippen molar-refractivity contribution in [2.45, 2.75) is 52.1 Å². The molecule has 1 N–H and O–H groups in total. The Morgan fingerprint density at radius 2 is 1.75 bits per heavy atom. The molecule has 36 heavy (non-hydrogen) atoms. The molecule has 2 amide bonds. The van der Waals surface area contributed by atoms with Crippen LogP contribution in [0.5, 0.6) is 0 Å². The maximum absolute atomic E-state index is 14.0. The molecule has 7 nitrogen and oxygen atoms in total. The number of likely N-dealkylation sites (tertiary alicyclic amines) is 1. The molecule has 0 radical (unpaired) electrons. The normalized spacial score (nSPS) is 14.6. The van der Waals surface area contributed by atoms with Crippen molar-refractivity contribution in [2.75, 3.05) is 18.4 Å². The molecule has 3 aromatic rings. The van der Waals surface area contributed by atoms with Gasteiger partial charge >= 0.3 is 6.09 Å². The zero-order chi connectivity index (χ0) is 26.0. The molecule has 190 valence electrons. The van der Waals surface area contributed by atoms with Gasteiger partial charge in [0.1, 0.15) is 17.2 Å². The average molecular weight is 497 g/mol. The van der Waals surface area contributed by atoms with Crippen molar-refractivity contribution in [1.82, 2.24) is 14.7 Å². The van der Waals surface area contributed by atoms with Crippen LogP contribution in [-0.2, 0) is 4.74 Å². The predicted octanol–water partition coefficient (Wildman–Crippen LogP) is 5.83. The second-order valence-corrected chi connectivity index (χ2v) is 9.99. The van der Waals surface area contributed by atoms with Crippen LogP contribution in [0.3, 0.4) is 0 Å². The topological polar surface area (TPSA) is 76.5 Å². The quantitative estimate of drug-likeness (QED) is 0.493. The number of nitrogens with zero attached hydrogens (tertiary/aromatic N) is 3. The smallest absolute Gasteiger partial charge is 0.410 e. The lowest BCUT2D eigenvalue weighted by Gasteiger charge is -2.34. The largest absolute Gasteiger partial charge is 0.444 e. The van der Waals surface area contributed by atoms with Gasteiger partial charge in [0.05, 0.1) is 23.1 Å². The predicted molar refractivity (Wildman–Crippen MR) is 132 cm³/mol. The summed E-state index contributed by atoms with van der Waals surface area (Å²) < 4.78 is 34.6. The summed E-state index contributed by atoms with van der Waals surface area (Å²) in [5.74, 6) is -1.30. The number of amides is 2. The number of aryl methyl sites for hydroxylation is 1. The Balaban J connectivity index is 1.63. The van der Waals surface area contributed by atoms with E-state index < -0.39 is 17.3 Å². The molecule has 2 aromatic carbocycles. The summed E-state index contributed by atoms with van der Waals surface area (Å²) in [6.07, 6.45) is 2.25. The molecule has 9 heteroatoms. The Morgan fingerprint density at radius 1 is 1.06 bits per heavy atom. The minimum Gasteiger partial charge on any atom is -0.444 e. The number of hydrogen-bond donors (Lipinski definition) is 1. The Kier molecular flexibility index (Phi) is 7.10. The van der Waals surface area contributed by atoms with E-state index in [9.17, 15) is 18.4 Å². The molecule has 1 aromatic heterocycles. The van der Waals surface area contributed by atoms with E-state index in [0.29, 0.717) is 54.1 Å². The van der Waals surface area contributed by atoms with Gasteiger partial charge in [0.15, 0.2) is 0 Å². The fourth-order valence-electron chi connectivity index (χ4n) is 4.36. The van der Waals surface area contributed by atoms with Crippen molar-refractivity contribution in [3.63, 3.8) is 0 Å². The fraction of sp³-hybridized carbons (Fsp3) is 0.370. The number of aromatic nitrogens is 2. The van der Waals surface area contributed by atoms with Gasteiger partial charge in [-0.05, 0) is 82.5 Å². The van der Waals surface area contributed by atoms with E-state index in [1.807, 2.05) is 20.8 Å². The Morgan fingerprint density at radius 3 is 2.39 bits per heavy atom. The molecule has 0 saturated carbocycles. The van der Waals surface area contributed by atoms with Gasteiger partial charge in [0.2, 0.25) is 0 Å². The van der Waals surface area contributed by atoms with E-state index >= 15 is 0 Å². The first-order valence-electron chi connectivity index (χ1n) is 11.9. The van der Waals surface area contributed by atoms with Gasteiger partial charge in [-0.15, -0.1) is 0 Å². The third-order valence-corrected chi connectivity index (χ3v) is 6.07. The summed E-state index contributed by atoms with van der Waals surface area (Å²) in [7, 11) is 0. The maximum atomic E-state index is 14.0. The number of piperidine rings is 1. The molecule has 2 heterocycles. The van der Waals surface area contributed by atoms with Crippen molar-refractivity contribution in [3.05, 3.63) is 77.1 Å². The van der Waals surface area contributed by atoms with Crippen molar-refractivity contribution in [2.24, 2.45) is 0 Å². The van der Waals surface area contributed by atoms with Crippen LogP contribution in [0.4, 0.5) is 19.3 Å². The van der Waals surface area contributed by atoms with E-state index in [0.717, 1.165) is 0 Å². The Labute approximate surface area is 209 Å². The highest BCUT2D eigenvalue weighted by molar-refractivity contribution is 6.05. The molecule has 4 rings (SSSR count). The molecule has 1 fully saturated rings. The summed E-state index contributed by atoms with van der Waals surface area (Å²) >= 11 is 0. The van der Waals surface area contributed by atoms with Crippen LogP contribution in [0.1, 0.15) is 61.1 Å². The van der Waals surface area contributed by atoms with E-state index in [4.69, 9.17) is 4.74 Å². The number of benzene rings is 2. The van der Waals surface area contributed by atoms with Crippen molar-refractivity contribution in [3.8, 4) is 5.69 Å². The number of anilines is 1. The summed E-state index contributed by atoms with van der Waals surface area (Å²) in [5, 5.41) is 7.27. The molecule has 1 aliphatic heterocycles. The third-order valence-electron chi connectivity index (χ3n) is 6.07. The third kappa shape index (κ3) is 5.72. The van der Waals surface area contributed by atoms with E-state index in [-0.39, 0.29) is 17.8 Å². The first-order chi connectivity index (χ1) is 17.0. The molecule has 0 atom stereocenters. The highest BCUT2D eigenvalue weighted by atomic mass is 19.1. The summed E-state index contributed by atoms with van der Waals surface area (Å²) in [6, 6.07) is 10.2. The average Bonchev–Trinajstić information content (AvgIpc) is 3.25. The van der Waals surface area contributed by atoms with Crippen LogP contribution >= 0.6 is 0 Å². The lowest BCUT2D eigenvalue weighted by Crippen LogP contribution is -2.41. The number of carbonyl (C=O) groups is 2. The monoisotopic (exact) mass is 496 g/mol. The fourth-order valence-corrected chi connectivity index (χ4v) is 4.36. The van der Waals surface area contributed by atoms with Gasteiger partial charge in [0, 0.05) is 24.7 Å². The highest BCUT2D eigenvalue weighted by Gasteiger charge is 2.32. The van der Waals surface area contributed by atoms with E-state index in [2.05, 4.69) is 10.4 Å². The lowest BCUT2D eigenvalue weighted by atomic mass is 9.90. The second kappa shape index (κ2) is 10.1. The Hall–Kier alpha value is -3.75. The number of nitrogens with one attached hydrogen (secondary N) is 1. The number of hydrogen-bond acceptors (Lipinski definition) is 4. The molecule has 1 saturated heterocycles. The standard InChI is InChI=1S/C27H30F2N4O3/c1-17-14-20(29)8-9-23(17)31-25(34)22-16-30-33(21-7-5-6-19(28)15-21)24(22)18-10-12-32(13-11-18)26(35)36-27(2,3)4/h5-9,14-16,18H,10-13H2,1-4H3,(H,31,34). The molecule has 0 bridgehead atoms. The number of ether oxygens (including phenoxy) is 1. The minimum absolute atomic E-state index is 0.107. The molecule has 0 spiro atoms. The van der Waals surface area contributed by atoms with Gasteiger partial charge in [-0.1, -0.05) is 6.07 Å². The van der Waals surface area contributed by atoms with Crippen LogP contribution < -0.4 is 5.32 Å². The van der Waals surface area contributed by atoms with Crippen molar-refractivity contribution < 1.29 is 23.1 Å². The summed E-state index contributed by atoms with van der Waals surface area (Å²) in [5.41, 5.74) is 1.98. The number of carbonyl (C=O) groups excluding carboxylic acids is 2. The summed E-state index contributed by atoms with van der Waals surface area (Å²) in [6.45, 7) is 8.08. The second-order valence-electron chi connectivity index (χ2n) is 9.99. The Bertz CT molecular complexity index is 1270. The van der Waals surface area contributed by atoms with Crippen molar-refractivity contribution >= 4 is 17.7 Å². The van der Waals surface area contributed by atoms with Crippen LogP contribution in [0.25, 0.3) is 5.69 Å². The van der Waals surface area contributed by atoms with E-state index in [1.54, 1.807) is 28.6 Å². The minimum atomic E-state index is -0.590. The number of rotatable bonds is 4. The maximum Gasteiger partial charge on any atom is 0.410 e. The molecule has 0 aliphatic carbocycles. The van der Waals surface area contributed by atoms with Crippen LogP contribution in [0.15, 0.2) is 48.7 Å². The molecular weight excluding hydrogens is 466 g/mol. The van der Waals surface area contributed by atoms with Gasteiger partial charge in [-0.3, -0.25) is 4.79 Å². The van der Waals surface area contributed by atoms with Crippen LogP contribution in [-0.4, -0.2) is 45.4 Å². The van der Waals surface area contributed by atoms with Gasteiger partial charge in [-0.25, -0.2) is 18.3 Å². The molecule has 0 unspecified atom stereocenters. The summed E-state index contributed by atoms with van der Waals surface area (Å²) in [4.78, 5) is 27.5. The SMILES string of the molecule is Cc1cc(F)ccc1NC(=O)c1cnn(-c2cccc(F)c2)c1C1CCN(C(=O)OC(C)(C)C)CC1. The van der Waals surface area contributed by atoms with Crippen LogP contribution in [0.2, 0.25) is 0 Å².